The van der Waals surface area contributed by atoms with Crippen LogP contribution in [0.25, 0.3) is 10.9 Å². The van der Waals surface area contributed by atoms with Gasteiger partial charge in [0.15, 0.2) is 0 Å². The van der Waals surface area contributed by atoms with Gasteiger partial charge in [-0.15, -0.1) is 0 Å². The lowest BCUT2D eigenvalue weighted by Gasteiger charge is -2.30. The van der Waals surface area contributed by atoms with E-state index in [1.807, 2.05) is 26.8 Å². The van der Waals surface area contributed by atoms with Gasteiger partial charge in [0, 0.05) is 39.6 Å². The Bertz CT molecular complexity index is 700. The summed E-state index contributed by atoms with van der Waals surface area (Å²) < 4.78 is 6.52. The van der Waals surface area contributed by atoms with Crippen LogP contribution < -0.4 is 0 Å². The van der Waals surface area contributed by atoms with Crippen LogP contribution in [-0.4, -0.2) is 28.1 Å². The van der Waals surface area contributed by atoms with Crippen LogP contribution in [0.4, 0.5) is 4.79 Å². The zero-order valence-electron chi connectivity index (χ0n) is 12.5. The van der Waals surface area contributed by atoms with Crippen LogP contribution in [-0.2, 0) is 17.7 Å². The number of nitrogens with one attached hydrogen (secondary N) is 1. The molecular formula is C16H19BrN2O2. The van der Waals surface area contributed by atoms with Gasteiger partial charge in [0.05, 0.1) is 6.54 Å². The monoisotopic (exact) mass is 350 g/mol. The topological polar surface area (TPSA) is 45.3 Å². The summed E-state index contributed by atoms with van der Waals surface area (Å²) in [6.45, 7) is 6.96. The van der Waals surface area contributed by atoms with Crippen molar-refractivity contribution in [1.82, 2.24) is 9.88 Å². The summed E-state index contributed by atoms with van der Waals surface area (Å²) in [7, 11) is 0. The number of carbonyl (C=O) groups is 1. The highest BCUT2D eigenvalue weighted by Gasteiger charge is 2.27. The van der Waals surface area contributed by atoms with Crippen molar-refractivity contribution in [3.8, 4) is 0 Å². The third-order valence-electron chi connectivity index (χ3n) is 3.59. The van der Waals surface area contributed by atoms with Crippen LogP contribution in [0.5, 0.6) is 0 Å². The van der Waals surface area contributed by atoms with Gasteiger partial charge in [-0.1, -0.05) is 15.9 Å². The first-order valence-corrected chi connectivity index (χ1v) is 7.90. The van der Waals surface area contributed by atoms with Gasteiger partial charge in [0.2, 0.25) is 0 Å². The van der Waals surface area contributed by atoms with Gasteiger partial charge in [-0.3, -0.25) is 0 Å². The van der Waals surface area contributed by atoms with Crippen molar-refractivity contribution in [2.45, 2.75) is 39.3 Å². The molecule has 1 aliphatic rings. The molecule has 1 aromatic heterocycles. The van der Waals surface area contributed by atoms with Gasteiger partial charge in [0.25, 0.3) is 0 Å². The number of nitrogens with zero attached hydrogens (tertiary/aromatic N) is 1. The second-order valence-corrected chi connectivity index (χ2v) is 7.34. The average molecular weight is 351 g/mol. The Morgan fingerprint density at radius 1 is 1.38 bits per heavy atom. The summed E-state index contributed by atoms with van der Waals surface area (Å²) in [5, 5.41) is 1.17. The lowest BCUT2D eigenvalue weighted by Crippen LogP contribution is -2.39. The van der Waals surface area contributed by atoms with Crippen LogP contribution in [0.1, 0.15) is 32.0 Å². The van der Waals surface area contributed by atoms with Crippen molar-refractivity contribution in [1.29, 1.82) is 0 Å². The average Bonchev–Trinajstić information content (AvgIpc) is 2.74. The van der Waals surface area contributed by atoms with Crippen LogP contribution in [0.3, 0.4) is 0 Å². The summed E-state index contributed by atoms with van der Waals surface area (Å²) in [6.07, 6.45) is 0.596. The second-order valence-electron chi connectivity index (χ2n) is 6.42. The minimum atomic E-state index is -0.458. The number of halogens is 1. The quantitative estimate of drug-likeness (QED) is 0.772. The molecule has 0 saturated carbocycles. The number of benzene rings is 1. The normalized spacial score (nSPS) is 15.1. The molecule has 0 unspecified atom stereocenters. The number of fused-ring (bicyclic) bond motifs is 3. The Balaban J connectivity index is 1.89. The van der Waals surface area contributed by atoms with E-state index in [1.165, 1.54) is 16.6 Å². The van der Waals surface area contributed by atoms with Gasteiger partial charge in [-0.25, -0.2) is 4.79 Å². The molecule has 21 heavy (non-hydrogen) atoms. The van der Waals surface area contributed by atoms with Crippen molar-refractivity contribution in [2.24, 2.45) is 0 Å². The second kappa shape index (κ2) is 5.05. The van der Waals surface area contributed by atoms with Crippen LogP contribution in [0, 0.1) is 0 Å². The third-order valence-corrected chi connectivity index (χ3v) is 4.08. The van der Waals surface area contributed by atoms with E-state index in [0.29, 0.717) is 13.1 Å². The number of H-pyrrole nitrogens is 1. The smallest absolute Gasteiger partial charge is 0.410 e. The van der Waals surface area contributed by atoms with Crippen molar-refractivity contribution in [3.05, 3.63) is 33.9 Å². The molecule has 2 aromatic rings. The lowest BCUT2D eigenvalue weighted by atomic mass is 10.1. The zero-order valence-corrected chi connectivity index (χ0v) is 14.1. The number of hydrogen-bond acceptors (Lipinski definition) is 2. The van der Waals surface area contributed by atoms with E-state index in [-0.39, 0.29) is 6.09 Å². The Morgan fingerprint density at radius 2 is 2.14 bits per heavy atom. The van der Waals surface area contributed by atoms with E-state index in [9.17, 15) is 4.79 Å². The van der Waals surface area contributed by atoms with Gasteiger partial charge in [0.1, 0.15) is 5.60 Å². The first-order valence-electron chi connectivity index (χ1n) is 7.10. The SMILES string of the molecule is CC(C)(C)OC(=O)N1CCc2[nH]c3ccc(Br)cc3c2C1. The molecule has 1 amide bonds. The molecule has 4 nitrogen and oxygen atoms in total. The molecule has 2 heterocycles. The van der Waals surface area contributed by atoms with E-state index in [0.717, 1.165) is 16.4 Å². The van der Waals surface area contributed by atoms with E-state index in [1.54, 1.807) is 4.90 Å². The summed E-state index contributed by atoms with van der Waals surface area (Å²) in [6, 6.07) is 6.19. The molecule has 0 fully saturated rings. The number of aromatic nitrogens is 1. The third kappa shape index (κ3) is 2.93. The Kier molecular flexibility index (Phi) is 3.48. The molecular weight excluding hydrogens is 332 g/mol. The first-order chi connectivity index (χ1) is 9.83. The number of rotatable bonds is 0. The molecule has 0 bridgehead atoms. The number of aromatic amines is 1. The van der Waals surface area contributed by atoms with Crippen LogP contribution in [0.2, 0.25) is 0 Å². The van der Waals surface area contributed by atoms with E-state index < -0.39 is 5.60 Å². The van der Waals surface area contributed by atoms with Crippen molar-refractivity contribution < 1.29 is 9.53 Å². The molecule has 0 spiro atoms. The summed E-state index contributed by atoms with van der Waals surface area (Å²) in [5.74, 6) is 0. The van der Waals surface area contributed by atoms with Crippen LogP contribution >= 0.6 is 15.9 Å². The van der Waals surface area contributed by atoms with E-state index in [2.05, 4.69) is 33.0 Å². The molecule has 1 aromatic carbocycles. The van der Waals surface area contributed by atoms with Crippen molar-refractivity contribution >= 4 is 32.9 Å². The fourth-order valence-electron chi connectivity index (χ4n) is 2.67. The maximum atomic E-state index is 12.2. The predicted molar refractivity (Wildman–Crippen MR) is 86.3 cm³/mol. The molecule has 0 atom stereocenters. The van der Waals surface area contributed by atoms with E-state index in [4.69, 9.17) is 4.74 Å². The molecule has 5 heteroatoms. The maximum absolute atomic E-state index is 12.2. The minimum Gasteiger partial charge on any atom is -0.444 e. The van der Waals surface area contributed by atoms with Crippen LogP contribution in [0.15, 0.2) is 22.7 Å². The number of ether oxygens (including phenoxy) is 1. The highest BCUT2D eigenvalue weighted by molar-refractivity contribution is 9.10. The van der Waals surface area contributed by atoms with E-state index >= 15 is 0 Å². The summed E-state index contributed by atoms with van der Waals surface area (Å²) >= 11 is 3.51. The van der Waals surface area contributed by atoms with Gasteiger partial charge >= 0.3 is 6.09 Å². The maximum Gasteiger partial charge on any atom is 0.410 e. The van der Waals surface area contributed by atoms with Gasteiger partial charge < -0.3 is 14.6 Å². The molecule has 1 aliphatic heterocycles. The molecule has 1 N–H and O–H groups in total. The van der Waals surface area contributed by atoms with Crippen molar-refractivity contribution in [2.75, 3.05) is 6.54 Å². The zero-order chi connectivity index (χ0) is 15.2. The minimum absolute atomic E-state index is 0.238. The largest absolute Gasteiger partial charge is 0.444 e. The summed E-state index contributed by atoms with van der Waals surface area (Å²) in [4.78, 5) is 17.5. The van der Waals surface area contributed by atoms with Gasteiger partial charge in [-0.05, 0) is 39.0 Å². The highest BCUT2D eigenvalue weighted by atomic mass is 79.9. The van der Waals surface area contributed by atoms with Crippen molar-refractivity contribution in [3.63, 3.8) is 0 Å². The fourth-order valence-corrected chi connectivity index (χ4v) is 3.03. The molecule has 0 aliphatic carbocycles. The Morgan fingerprint density at radius 3 is 2.86 bits per heavy atom. The van der Waals surface area contributed by atoms with Gasteiger partial charge in [-0.2, -0.15) is 0 Å². The number of carbonyl (C=O) groups excluding carboxylic acids is 1. The lowest BCUT2D eigenvalue weighted by molar-refractivity contribution is 0.0224. The summed E-state index contributed by atoms with van der Waals surface area (Å²) in [5.41, 5.74) is 3.08. The Labute approximate surface area is 132 Å². The molecule has 112 valence electrons. The molecule has 0 radical (unpaired) electrons. The first kappa shape index (κ1) is 14.4. The fraction of sp³-hybridized carbons (Fsp3) is 0.438. The predicted octanol–water partition coefficient (Wildman–Crippen LogP) is 4.22. The standard InChI is InChI=1S/C16H19BrN2O2/c1-16(2,3)21-15(20)19-7-6-14-12(9-19)11-8-10(17)4-5-13(11)18-14/h4-5,8,18H,6-7,9H2,1-3H3. The highest BCUT2D eigenvalue weighted by Crippen LogP contribution is 2.30. The Hall–Kier alpha value is -1.49. The molecule has 3 rings (SSSR count). The molecule has 0 saturated heterocycles. The number of hydrogen-bond donors (Lipinski definition) is 1. The number of amides is 1.